The van der Waals surface area contributed by atoms with E-state index in [0.717, 1.165) is 40.7 Å². The summed E-state index contributed by atoms with van der Waals surface area (Å²) in [5.74, 6) is 0.399. The van der Waals surface area contributed by atoms with Crippen LogP contribution in [0.25, 0.3) is 22.5 Å². The summed E-state index contributed by atoms with van der Waals surface area (Å²) in [5, 5.41) is 24.4. The van der Waals surface area contributed by atoms with Gasteiger partial charge in [0.15, 0.2) is 0 Å². The summed E-state index contributed by atoms with van der Waals surface area (Å²) in [6.45, 7) is 2.26. The van der Waals surface area contributed by atoms with E-state index in [1.54, 1.807) is 0 Å². The molecule has 0 fully saturated rings. The minimum Gasteiger partial charge on any atom is -0.480 e. The molecule has 0 spiro atoms. The minimum absolute atomic E-state index is 0.133. The molecule has 1 atom stereocenters. The Morgan fingerprint density at radius 1 is 0.947 bits per heavy atom. The van der Waals surface area contributed by atoms with E-state index in [2.05, 4.69) is 20.6 Å². The Bertz CT molecular complexity index is 1310. The first-order valence-corrected chi connectivity index (χ1v) is 13.8. The Hall–Kier alpha value is -3.98. The summed E-state index contributed by atoms with van der Waals surface area (Å²) >= 11 is 1.53. The number of nitrogens with one attached hydrogen (secondary N) is 1. The van der Waals surface area contributed by atoms with E-state index in [1.807, 2.05) is 85.8 Å². The van der Waals surface area contributed by atoms with Gasteiger partial charge in [0, 0.05) is 30.0 Å². The Kier molecular flexibility index (Phi) is 9.64. The van der Waals surface area contributed by atoms with E-state index >= 15 is 0 Å². The van der Waals surface area contributed by atoms with Crippen LogP contribution in [0, 0.1) is 0 Å². The van der Waals surface area contributed by atoms with Crippen molar-refractivity contribution < 1.29 is 14.7 Å². The molecule has 1 aromatic heterocycles. The number of benzene rings is 3. The fourth-order valence-electron chi connectivity index (χ4n) is 4.19. The van der Waals surface area contributed by atoms with Crippen LogP contribution in [0.5, 0.6) is 0 Å². The maximum Gasteiger partial charge on any atom is 0.327 e. The van der Waals surface area contributed by atoms with Crippen LogP contribution >= 0.6 is 11.8 Å². The summed E-state index contributed by atoms with van der Waals surface area (Å²) < 4.78 is 0. The molecule has 0 saturated heterocycles. The fourth-order valence-corrected chi connectivity index (χ4v) is 5.28. The van der Waals surface area contributed by atoms with Gasteiger partial charge in [0.1, 0.15) is 6.04 Å². The predicted molar refractivity (Wildman–Crippen MR) is 149 cm³/mol. The summed E-state index contributed by atoms with van der Waals surface area (Å²) in [6, 6.07) is 24.7. The monoisotopic (exact) mass is 529 g/mol. The van der Waals surface area contributed by atoms with Crippen molar-refractivity contribution in [3.8, 4) is 22.5 Å². The number of aromatic nitrogens is 4. The van der Waals surface area contributed by atoms with Crippen molar-refractivity contribution in [1.82, 2.24) is 25.5 Å². The van der Waals surface area contributed by atoms with Crippen LogP contribution in [0.2, 0.25) is 0 Å². The van der Waals surface area contributed by atoms with E-state index < -0.39 is 12.0 Å². The molecule has 196 valence electrons. The number of nitrogens with zero attached hydrogens (tertiary/aromatic N) is 4. The maximum absolute atomic E-state index is 13.2. The number of carbonyl (C=O) groups excluding carboxylic acids is 1. The molecule has 0 aliphatic carbocycles. The van der Waals surface area contributed by atoms with E-state index in [4.69, 9.17) is 0 Å². The maximum atomic E-state index is 13.2. The zero-order chi connectivity index (χ0) is 26.7. The number of thioether (sulfide) groups is 1. The number of aliphatic carboxylic acids is 1. The molecule has 1 amide bonds. The van der Waals surface area contributed by atoms with Gasteiger partial charge in [0.25, 0.3) is 0 Å². The average Bonchev–Trinajstić information content (AvgIpc) is 3.49. The number of hydrogen-bond donors (Lipinski definition) is 2. The van der Waals surface area contributed by atoms with Gasteiger partial charge in [-0.3, -0.25) is 4.79 Å². The molecule has 0 saturated carbocycles. The number of aromatic amines is 1. The van der Waals surface area contributed by atoms with Crippen LogP contribution < -0.4 is 0 Å². The summed E-state index contributed by atoms with van der Waals surface area (Å²) in [5.41, 5.74) is 4.77. The zero-order valence-electron chi connectivity index (χ0n) is 21.3. The third kappa shape index (κ3) is 7.07. The van der Waals surface area contributed by atoms with Crippen LogP contribution in [-0.4, -0.2) is 54.3 Å². The molecule has 1 heterocycles. The van der Waals surface area contributed by atoms with Crippen LogP contribution in [0.4, 0.5) is 0 Å². The minimum atomic E-state index is -0.985. The lowest BCUT2D eigenvalue weighted by Gasteiger charge is -2.29. The normalized spacial score (nSPS) is 11.7. The number of carboxylic acid groups (broad SMARTS) is 1. The lowest BCUT2D eigenvalue weighted by molar-refractivity contribution is -0.149. The van der Waals surface area contributed by atoms with Gasteiger partial charge >= 0.3 is 5.97 Å². The molecule has 2 N–H and O–H groups in total. The van der Waals surface area contributed by atoms with Crippen molar-refractivity contribution in [2.45, 2.75) is 44.5 Å². The topological polar surface area (TPSA) is 112 Å². The SMILES string of the molecule is CCCCC(=O)N(Cc1ccc(-c2ccccc2-c2nn[nH]n2)cc1)C(CSCc1ccccc1)C(=O)O. The first kappa shape index (κ1) is 27.1. The molecule has 8 nitrogen and oxygen atoms in total. The van der Waals surface area contributed by atoms with Gasteiger partial charge in [-0.25, -0.2) is 4.79 Å². The number of unbranched alkanes of at least 4 members (excludes halogenated alkanes) is 1. The molecule has 0 aliphatic heterocycles. The predicted octanol–water partition coefficient (Wildman–Crippen LogP) is 5.44. The average molecular weight is 530 g/mol. The number of tetrazole rings is 1. The summed E-state index contributed by atoms with van der Waals surface area (Å²) in [6.07, 6.45) is 1.93. The fraction of sp³-hybridized carbons (Fsp3) is 0.276. The van der Waals surface area contributed by atoms with Crippen molar-refractivity contribution >= 4 is 23.6 Å². The van der Waals surface area contributed by atoms with E-state index in [0.29, 0.717) is 23.8 Å². The highest BCUT2D eigenvalue weighted by Crippen LogP contribution is 2.30. The highest BCUT2D eigenvalue weighted by atomic mass is 32.2. The molecule has 0 aliphatic rings. The highest BCUT2D eigenvalue weighted by molar-refractivity contribution is 7.98. The number of hydrogen-bond acceptors (Lipinski definition) is 6. The Morgan fingerprint density at radius 3 is 2.32 bits per heavy atom. The quantitative estimate of drug-likeness (QED) is 0.237. The molecule has 1 unspecified atom stereocenters. The first-order chi connectivity index (χ1) is 18.6. The Labute approximate surface area is 226 Å². The van der Waals surface area contributed by atoms with Gasteiger partial charge in [-0.2, -0.15) is 17.0 Å². The molecule has 9 heteroatoms. The second-order valence-electron chi connectivity index (χ2n) is 8.96. The zero-order valence-corrected chi connectivity index (χ0v) is 22.1. The number of rotatable bonds is 13. The van der Waals surface area contributed by atoms with Gasteiger partial charge in [0.05, 0.1) is 0 Å². The van der Waals surface area contributed by atoms with Crippen molar-refractivity contribution in [2.24, 2.45) is 0 Å². The molecule has 4 aromatic rings. The molecule has 0 bridgehead atoms. The largest absolute Gasteiger partial charge is 0.480 e. The van der Waals surface area contributed by atoms with Crippen molar-refractivity contribution in [3.05, 3.63) is 90.0 Å². The van der Waals surface area contributed by atoms with Gasteiger partial charge in [-0.05, 0) is 33.9 Å². The Balaban J connectivity index is 1.52. The van der Waals surface area contributed by atoms with Crippen LogP contribution in [0.1, 0.15) is 37.3 Å². The van der Waals surface area contributed by atoms with Crippen molar-refractivity contribution in [1.29, 1.82) is 0 Å². The number of amides is 1. The first-order valence-electron chi connectivity index (χ1n) is 12.6. The summed E-state index contributed by atoms with van der Waals surface area (Å²) in [7, 11) is 0. The lowest BCUT2D eigenvalue weighted by Crippen LogP contribution is -2.46. The van der Waals surface area contributed by atoms with Crippen LogP contribution in [-0.2, 0) is 21.9 Å². The second-order valence-corrected chi connectivity index (χ2v) is 9.99. The van der Waals surface area contributed by atoms with Gasteiger partial charge in [-0.15, -0.1) is 10.2 Å². The Morgan fingerprint density at radius 2 is 1.66 bits per heavy atom. The van der Waals surface area contributed by atoms with Gasteiger partial charge < -0.3 is 10.0 Å². The van der Waals surface area contributed by atoms with Crippen molar-refractivity contribution in [3.63, 3.8) is 0 Å². The highest BCUT2D eigenvalue weighted by Gasteiger charge is 2.29. The van der Waals surface area contributed by atoms with Gasteiger partial charge in [-0.1, -0.05) is 92.2 Å². The summed E-state index contributed by atoms with van der Waals surface area (Å²) in [4.78, 5) is 27.0. The van der Waals surface area contributed by atoms with Crippen LogP contribution in [0.15, 0.2) is 78.9 Å². The third-order valence-corrected chi connectivity index (χ3v) is 7.33. The van der Waals surface area contributed by atoms with Crippen molar-refractivity contribution in [2.75, 3.05) is 5.75 Å². The second kappa shape index (κ2) is 13.5. The van der Waals surface area contributed by atoms with Gasteiger partial charge in [0.2, 0.25) is 11.7 Å². The third-order valence-electron chi connectivity index (χ3n) is 6.24. The molecule has 3 aromatic carbocycles. The molecule has 38 heavy (non-hydrogen) atoms. The molecular weight excluding hydrogens is 498 g/mol. The smallest absolute Gasteiger partial charge is 0.327 e. The number of carboxylic acids is 1. The van der Waals surface area contributed by atoms with E-state index in [9.17, 15) is 14.7 Å². The lowest BCUT2D eigenvalue weighted by atomic mass is 9.98. The molecule has 0 radical (unpaired) electrons. The number of carbonyl (C=O) groups is 2. The molecule has 4 rings (SSSR count). The molecular formula is C29H31N5O3S. The standard InChI is InChI=1S/C29H31N5O3S/c1-2-3-13-27(35)34(26(29(36)37)20-38-19-22-9-5-4-6-10-22)18-21-14-16-23(17-15-21)24-11-7-8-12-25(24)28-30-32-33-31-28/h4-12,14-17,26H,2-3,13,18-20H2,1H3,(H,36,37)(H,30,31,32,33). The van der Waals surface area contributed by atoms with E-state index in [-0.39, 0.29) is 12.5 Å². The van der Waals surface area contributed by atoms with E-state index in [1.165, 1.54) is 16.7 Å². The van der Waals surface area contributed by atoms with Crippen LogP contribution in [0.3, 0.4) is 0 Å². The number of H-pyrrole nitrogens is 1.